The first-order valence-electron chi connectivity index (χ1n) is 6.36. The summed E-state index contributed by atoms with van der Waals surface area (Å²) in [5.41, 5.74) is 3.94. The Morgan fingerprint density at radius 2 is 1.90 bits per heavy atom. The largest absolute Gasteiger partial charge is 0.363 e. The van der Waals surface area contributed by atoms with Crippen molar-refractivity contribution >= 4 is 32.9 Å². The summed E-state index contributed by atoms with van der Waals surface area (Å²) >= 11 is 3.55. The third-order valence-electron chi connectivity index (χ3n) is 3.31. The van der Waals surface area contributed by atoms with Crippen LogP contribution >= 0.6 is 15.9 Å². The van der Waals surface area contributed by atoms with E-state index >= 15 is 0 Å². The van der Waals surface area contributed by atoms with Gasteiger partial charge in [-0.2, -0.15) is 0 Å². The molecular weight excluding hydrogens is 316 g/mol. The van der Waals surface area contributed by atoms with Crippen molar-refractivity contribution in [2.45, 2.75) is 6.92 Å². The summed E-state index contributed by atoms with van der Waals surface area (Å²) < 4.78 is 1.08. The molecule has 0 bridgehead atoms. The summed E-state index contributed by atoms with van der Waals surface area (Å²) in [6.45, 7) is 2.07. The number of halogens is 1. The molecule has 2 aromatic heterocycles. The summed E-state index contributed by atoms with van der Waals surface area (Å²) in [4.78, 5) is 14.5. The van der Waals surface area contributed by atoms with Crippen molar-refractivity contribution < 1.29 is 0 Å². The number of nitrogens with zero attached hydrogens (tertiary/aromatic N) is 3. The Bertz CT molecular complexity index is 777. The highest BCUT2D eigenvalue weighted by molar-refractivity contribution is 9.10. The average molecular weight is 331 g/mol. The Labute approximate surface area is 126 Å². The molecule has 102 valence electrons. The van der Waals surface area contributed by atoms with Crippen molar-refractivity contribution in [3.63, 3.8) is 0 Å². The molecule has 0 saturated carbocycles. The van der Waals surface area contributed by atoms with Crippen molar-refractivity contribution in [2.24, 2.45) is 0 Å². The minimum atomic E-state index is 0.741. The maximum Gasteiger partial charge on any atom is 0.180 e. The molecule has 1 N–H and O–H groups in total. The van der Waals surface area contributed by atoms with Crippen molar-refractivity contribution in [2.75, 3.05) is 19.0 Å². The van der Waals surface area contributed by atoms with E-state index in [1.165, 1.54) is 5.56 Å². The Hall–Kier alpha value is -1.88. The van der Waals surface area contributed by atoms with Gasteiger partial charge in [-0.3, -0.25) is 0 Å². The molecular formula is C15H15BrN4. The fraction of sp³-hybridized carbons (Fsp3) is 0.200. The summed E-state index contributed by atoms with van der Waals surface area (Å²) in [6, 6.07) is 10.1. The van der Waals surface area contributed by atoms with Crippen LogP contribution in [0.2, 0.25) is 0 Å². The van der Waals surface area contributed by atoms with E-state index in [9.17, 15) is 0 Å². The molecule has 0 aliphatic carbocycles. The van der Waals surface area contributed by atoms with Gasteiger partial charge < -0.3 is 9.88 Å². The third-order valence-corrected chi connectivity index (χ3v) is 4.17. The molecule has 3 aromatic rings. The monoisotopic (exact) mass is 330 g/mol. The highest BCUT2D eigenvalue weighted by Gasteiger charge is 2.11. The fourth-order valence-electron chi connectivity index (χ4n) is 2.12. The van der Waals surface area contributed by atoms with Gasteiger partial charge in [0.1, 0.15) is 11.6 Å². The number of anilines is 1. The summed E-state index contributed by atoms with van der Waals surface area (Å²) in [6.07, 6.45) is 0. The van der Waals surface area contributed by atoms with Gasteiger partial charge >= 0.3 is 0 Å². The predicted molar refractivity (Wildman–Crippen MR) is 86.1 cm³/mol. The van der Waals surface area contributed by atoms with Gasteiger partial charge in [-0.05, 0) is 30.7 Å². The normalized spacial score (nSPS) is 11.0. The van der Waals surface area contributed by atoms with Crippen LogP contribution in [0.25, 0.3) is 22.6 Å². The first-order chi connectivity index (χ1) is 9.56. The van der Waals surface area contributed by atoms with E-state index in [1.54, 1.807) is 0 Å². The van der Waals surface area contributed by atoms with Gasteiger partial charge in [-0.1, -0.05) is 28.1 Å². The number of aromatic nitrogens is 3. The van der Waals surface area contributed by atoms with Crippen LogP contribution < -0.4 is 4.90 Å². The maximum atomic E-state index is 4.61. The van der Waals surface area contributed by atoms with Crippen LogP contribution in [0, 0.1) is 6.92 Å². The molecule has 5 heteroatoms. The zero-order valence-electron chi connectivity index (χ0n) is 11.6. The zero-order chi connectivity index (χ0) is 14.3. The van der Waals surface area contributed by atoms with E-state index in [1.807, 2.05) is 43.3 Å². The molecule has 3 rings (SSSR count). The smallest absolute Gasteiger partial charge is 0.180 e. The van der Waals surface area contributed by atoms with E-state index in [4.69, 9.17) is 0 Å². The van der Waals surface area contributed by atoms with Crippen molar-refractivity contribution in [1.82, 2.24) is 15.0 Å². The minimum Gasteiger partial charge on any atom is -0.363 e. The topological polar surface area (TPSA) is 44.8 Å². The zero-order valence-corrected chi connectivity index (χ0v) is 13.2. The summed E-state index contributed by atoms with van der Waals surface area (Å²) in [5, 5.41) is 0. The lowest BCUT2D eigenvalue weighted by atomic mass is 10.1. The molecule has 4 nitrogen and oxygen atoms in total. The van der Waals surface area contributed by atoms with Gasteiger partial charge in [0.25, 0.3) is 0 Å². The molecule has 0 amide bonds. The standard InChI is InChI=1S/C15H15BrN4/c1-9-10(5-4-6-11(9)16)14-17-12-7-8-13(20(2)3)18-15(12)19-14/h4-8H,1-3H3,(H,17,18,19). The number of aromatic amines is 1. The van der Waals surface area contributed by atoms with Gasteiger partial charge in [0, 0.05) is 24.1 Å². The number of fused-ring (bicyclic) bond motifs is 1. The van der Waals surface area contributed by atoms with E-state index in [0.29, 0.717) is 0 Å². The molecule has 0 saturated heterocycles. The molecule has 0 aliphatic heterocycles. The van der Waals surface area contributed by atoms with Crippen LogP contribution in [-0.4, -0.2) is 29.0 Å². The second kappa shape index (κ2) is 4.90. The first-order valence-corrected chi connectivity index (χ1v) is 7.15. The number of nitrogens with one attached hydrogen (secondary N) is 1. The van der Waals surface area contributed by atoms with Gasteiger partial charge in [0.15, 0.2) is 5.65 Å². The lowest BCUT2D eigenvalue weighted by Gasteiger charge is -2.09. The molecule has 0 unspecified atom stereocenters. The molecule has 0 spiro atoms. The molecule has 0 radical (unpaired) electrons. The summed E-state index contributed by atoms with van der Waals surface area (Å²) in [7, 11) is 3.94. The number of imidazole rings is 1. The fourth-order valence-corrected chi connectivity index (χ4v) is 2.49. The number of hydrogen-bond acceptors (Lipinski definition) is 3. The van der Waals surface area contributed by atoms with E-state index in [0.717, 1.165) is 32.8 Å². The molecule has 0 fully saturated rings. The predicted octanol–water partition coefficient (Wildman–Crippen LogP) is 3.76. The second-order valence-corrected chi connectivity index (χ2v) is 5.79. The Balaban J connectivity index is 2.15. The molecule has 20 heavy (non-hydrogen) atoms. The number of pyridine rings is 1. The molecule has 1 aromatic carbocycles. The van der Waals surface area contributed by atoms with Crippen molar-refractivity contribution in [3.8, 4) is 11.4 Å². The number of H-pyrrole nitrogens is 1. The lowest BCUT2D eigenvalue weighted by molar-refractivity contribution is 1.08. The average Bonchev–Trinajstić information content (AvgIpc) is 2.84. The van der Waals surface area contributed by atoms with Crippen LogP contribution in [0.1, 0.15) is 5.56 Å². The Morgan fingerprint density at radius 3 is 2.65 bits per heavy atom. The van der Waals surface area contributed by atoms with E-state index in [-0.39, 0.29) is 0 Å². The van der Waals surface area contributed by atoms with Gasteiger partial charge in [-0.15, -0.1) is 0 Å². The Kier molecular flexibility index (Phi) is 3.22. The van der Waals surface area contributed by atoms with Crippen molar-refractivity contribution in [3.05, 3.63) is 40.4 Å². The number of rotatable bonds is 2. The highest BCUT2D eigenvalue weighted by atomic mass is 79.9. The maximum absolute atomic E-state index is 4.61. The molecule has 2 heterocycles. The van der Waals surface area contributed by atoms with Crippen LogP contribution in [0.4, 0.5) is 5.82 Å². The SMILES string of the molecule is Cc1c(Br)cccc1-c1nc2nc(N(C)C)ccc2[nH]1. The molecule has 0 atom stereocenters. The second-order valence-electron chi connectivity index (χ2n) is 4.93. The number of hydrogen-bond donors (Lipinski definition) is 1. The Morgan fingerprint density at radius 1 is 1.10 bits per heavy atom. The van der Waals surface area contributed by atoms with Crippen molar-refractivity contribution in [1.29, 1.82) is 0 Å². The van der Waals surface area contributed by atoms with Crippen LogP contribution in [0.3, 0.4) is 0 Å². The highest BCUT2D eigenvalue weighted by Crippen LogP contribution is 2.28. The van der Waals surface area contributed by atoms with E-state index in [2.05, 4.69) is 43.9 Å². The minimum absolute atomic E-state index is 0.741. The van der Waals surface area contributed by atoms with Crippen LogP contribution in [0.5, 0.6) is 0 Å². The van der Waals surface area contributed by atoms with Gasteiger partial charge in [-0.25, -0.2) is 9.97 Å². The number of benzene rings is 1. The molecule has 0 aliphatic rings. The summed E-state index contributed by atoms with van der Waals surface area (Å²) in [5.74, 6) is 1.75. The lowest BCUT2D eigenvalue weighted by Crippen LogP contribution is -2.10. The quantitative estimate of drug-likeness (QED) is 0.778. The van der Waals surface area contributed by atoms with E-state index < -0.39 is 0 Å². The van der Waals surface area contributed by atoms with Crippen LogP contribution in [-0.2, 0) is 0 Å². The van der Waals surface area contributed by atoms with Gasteiger partial charge in [0.05, 0.1) is 5.52 Å². The van der Waals surface area contributed by atoms with Crippen LogP contribution in [0.15, 0.2) is 34.8 Å². The first kappa shape index (κ1) is 13.1. The third kappa shape index (κ3) is 2.18. The van der Waals surface area contributed by atoms with Gasteiger partial charge in [0.2, 0.25) is 0 Å².